The van der Waals surface area contributed by atoms with Crippen molar-refractivity contribution in [2.45, 2.75) is 32.3 Å². The Morgan fingerprint density at radius 3 is 2.67 bits per heavy atom. The molecule has 2 heterocycles. The largest absolute Gasteiger partial charge is 0.438 e. The fourth-order valence-corrected chi connectivity index (χ4v) is 4.28. The lowest BCUT2D eigenvalue weighted by molar-refractivity contribution is -0.113. The van der Waals surface area contributed by atoms with E-state index >= 15 is 0 Å². The van der Waals surface area contributed by atoms with Gasteiger partial charge in [0, 0.05) is 26.7 Å². The van der Waals surface area contributed by atoms with Crippen molar-refractivity contribution in [3.8, 4) is 0 Å². The number of hydrogen-bond donors (Lipinski definition) is 0. The number of nitrogens with zero attached hydrogens (tertiary/aromatic N) is 1. The van der Waals surface area contributed by atoms with Crippen LogP contribution in [-0.4, -0.2) is 12.0 Å². The normalized spacial score (nSPS) is 18.7. The molecule has 0 atom stereocenters. The number of carbonyl (C=O) groups excluding carboxylic acids is 2. The Hall–Kier alpha value is -2.30. The topological polar surface area (TPSA) is 46.6 Å². The van der Waals surface area contributed by atoms with Gasteiger partial charge in [0.2, 0.25) is 0 Å². The van der Waals surface area contributed by atoms with Crippen LogP contribution in [0.15, 0.2) is 42.5 Å². The maximum absolute atomic E-state index is 12.9. The zero-order valence-electron chi connectivity index (χ0n) is 14.9. The van der Waals surface area contributed by atoms with Crippen molar-refractivity contribution in [3.63, 3.8) is 0 Å². The van der Waals surface area contributed by atoms with Crippen LogP contribution in [0.1, 0.15) is 37.0 Å². The monoisotopic (exact) mass is 401 g/mol. The number of allylic oxidation sites excluding steroid dienone is 1. The molecule has 4 nitrogen and oxygen atoms in total. The highest BCUT2D eigenvalue weighted by molar-refractivity contribution is 6.41. The zero-order chi connectivity index (χ0) is 19.3. The van der Waals surface area contributed by atoms with Gasteiger partial charge in [-0.25, -0.2) is 9.69 Å². The Kier molecular flexibility index (Phi) is 4.28. The molecular formula is C21H17Cl2NO3. The molecule has 0 saturated carbocycles. The summed E-state index contributed by atoms with van der Waals surface area (Å²) in [7, 11) is 0. The van der Waals surface area contributed by atoms with E-state index in [4.69, 9.17) is 27.9 Å². The van der Waals surface area contributed by atoms with Crippen LogP contribution in [0.5, 0.6) is 0 Å². The summed E-state index contributed by atoms with van der Waals surface area (Å²) in [4.78, 5) is 26.4. The Bertz CT molecular complexity index is 1010. The van der Waals surface area contributed by atoms with Gasteiger partial charge in [-0.3, -0.25) is 4.79 Å². The number of amides is 2. The van der Waals surface area contributed by atoms with Crippen molar-refractivity contribution in [1.29, 1.82) is 0 Å². The number of hydrogen-bond acceptors (Lipinski definition) is 3. The maximum Gasteiger partial charge on any atom is 0.422 e. The second-order valence-electron chi connectivity index (χ2n) is 7.12. The molecular weight excluding hydrogens is 385 g/mol. The number of rotatable bonds is 3. The van der Waals surface area contributed by atoms with Gasteiger partial charge in [0.05, 0.1) is 5.69 Å². The average molecular weight is 402 g/mol. The lowest BCUT2D eigenvalue weighted by Crippen LogP contribution is -2.44. The number of cyclic esters (lactones) is 1. The van der Waals surface area contributed by atoms with Crippen LogP contribution in [-0.2, 0) is 21.6 Å². The molecule has 0 aliphatic carbocycles. The van der Waals surface area contributed by atoms with Gasteiger partial charge in [-0.15, -0.1) is 0 Å². The Balaban J connectivity index is 1.73. The second kappa shape index (κ2) is 6.39. The highest BCUT2D eigenvalue weighted by Gasteiger charge is 2.49. The summed E-state index contributed by atoms with van der Waals surface area (Å²) in [5, 5.41) is 1.16. The van der Waals surface area contributed by atoms with Gasteiger partial charge in [0.25, 0.3) is 5.91 Å². The van der Waals surface area contributed by atoms with Gasteiger partial charge in [0.15, 0.2) is 0 Å². The molecule has 0 spiro atoms. The molecule has 27 heavy (non-hydrogen) atoms. The minimum absolute atomic E-state index is 0.375. The van der Waals surface area contributed by atoms with Crippen molar-refractivity contribution in [2.24, 2.45) is 0 Å². The molecule has 0 N–H and O–H groups in total. The van der Waals surface area contributed by atoms with Gasteiger partial charge in [-0.1, -0.05) is 47.5 Å². The van der Waals surface area contributed by atoms with Gasteiger partial charge in [0.1, 0.15) is 5.60 Å². The van der Waals surface area contributed by atoms with E-state index in [1.54, 1.807) is 26.0 Å². The second-order valence-corrected chi connectivity index (χ2v) is 7.97. The van der Waals surface area contributed by atoms with E-state index in [-0.39, 0.29) is 5.91 Å². The number of carbonyl (C=O) groups is 2. The third-order valence-corrected chi connectivity index (χ3v) is 5.42. The summed E-state index contributed by atoms with van der Waals surface area (Å²) >= 11 is 12.4. The lowest BCUT2D eigenvalue weighted by Gasteiger charge is -2.36. The van der Waals surface area contributed by atoms with Crippen LogP contribution in [0.3, 0.4) is 0 Å². The van der Waals surface area contributed by atoms with E-state index in [1.165, 1.54) is 0 Å². The van der Waals surface area contributed by atoms with Crippen LogP contribution >= 0.6 is 23.2 Å². The lowest BCUT2D eigenvalue weighted by atomic mass is 9.91. The van der Waals surface area contributed by atoms with Crippen LogP contribution in [0.2, 0.25) is 10.0 Å². The third kappa shape index (κ3) is 2.93. The van der Waals surface area contributed by atoms with Gasteiger partial charge in [-0.05, 0) is 50.5 Å². The van der Waals surface area contributed by atoms with Crippen LogP contribution < -0.4 is 4.90 Å². The summed E-state index contributed by atoms with van der Waals surface area (Å²) in [6, 6.07) is 11.2. The summed E-state index contributed by atoms with van der Waals surface area (Å²) in [5.74, 6) is -0.375. The van der Waals surface area contributed by atoms with Gasteiger partial charge in [-0.2, -0.15) is 0 Å². The molecule has 2 aromatic rings. The highest BCUT2D eigenvalue weighted by Crippen LogP contribution is 2.50. The average Bonchev–Trinajstić information content (AvgIpc) is 2.85. The van der Waals surface area contributed by atoms with E-state index in [9.17, 15) is 9.59 Å². The fourth-order valence-electron chi connectivity index (χ4n) is 3.69. The van der Waals surface area contributed by atoms with Crippen molar-refractivity contribution >= 4 is 46.5 Å². The molecule has 138 valence electrons. The van der Waals surface area contributed by atoms with E-state index in [2.05, 4.69) is 0 Å². The Morgan fingerprint density at radius 1 is 1.15 bits per heavy atom. The third-order valence-electron chi connectivity index (χ3n) is 4.87. The van der Waals surface area contributed by atoms with Crippen molar-refractivity contribution < 1.29 is 14.3 Å². The van der Waals surface area contributed by atoms with E-state index in [1.807, 2.05) is 30.3 Å². The van der Waals surface area contributed by atoms with Crippen LogP contribution in [0, 0.1) is 0 Å². The zero-order valence-corrected chi connectivity index (χ0v) is 16.4. The van der Waals surface area contributed by atoms with Gasteiger partial charge >= 0.3 is 6.09 Å². The predicted octanol–water partition coefficient (Wildman–Crippen LogP) is 5.74. The molecule has 0 aromatic heterocycles. The summed E-state index contributed by atoms with van der Waals surface area (Å²) < 4.78 is 5.46. The first kappa shape index (κ1) is 18.1. The van der Waals surface area contributed by atoms with Crippen LogP contribution in [0.4, 0.5) is 10.5 Å². The smallest absolute Gasteiger partial charge is 0.422 e. The predicted molar refractivity (Wildman–Crippen MR) is 106 cm³/mol. The molecule has 0 radical (unpaired) electrons. The first-order valence-electron chi connectivity index (χ1n) is 8.65. The highest BCUT2D eigenvalue weighted by atomic mass is 35.5. The number of anilines is 1. The first-order chi connectivity index (χ1) is 12.8. The Morgan fingerprint density at radius 2 is 1.93 bits per heavy atom. The molecule has 2 aliphatic rings. The summed E-state index contributed by atoms with van der Waals surface area (Å²) in [5.41, 5.74) is 2.61. The van der Waals surface area contributed by atoms with E-state index in [0.29, 0.717) is 33.3 Å². The first-order valence-corrected chi connectivity index (χ1v) is 9.40. The molecule has 0 fully saturated rings. The molecule has 2 aromatic carbocycles. The SMILES string of the molecule is CC1(C)OC(=O)N2C(=O)/C(=C/CCc3cccc(Cl)c3)c3ccc(Cl)c1c32. The van der Waals surface area contributed by atoms with Crippen molar-refractivity contribution in [3.05, 3.63) is 69.2 Å². The van der Waals surface area contributed by atoms with E-state index in [0.717, 1.165) is 22.4 Å². The molecule has 0 saturated heterocycles. The number of ether oxygens (including phenoxy) is 1. The van der Waals surface area contributed by atoms with Crippen molar-refractivity contribution in [1.82, 2.24) is 0 Å². The van der Waals surface area contributed by atoms with Crippen LogP contribution in [0.25, 0.3) is 5.57 Å². The minimum Gasteiger partial charge on any atom is -0.438 e. The van der Waals surface area contributed by atoms with Crippen molar-refractivity contribution in [2.75, 3.05) is 4.90 Å². The number of imide groups is 1. The Labute approximate surface area is 167 Å². The number of aryl methyl sites for hydroxylation is 1. The summed E-state index contributed by atoms with van der Waals surface area (Å²) in [6.45, 7) is 3.55. The molecule has 2 amide bonds. The number of benzene rings is 2. The molecule has 4 rings (SSSR count). The fraction of sp³-hybridized carbons (Fsp3) is 0.238. The quantitative estimate of drug-likeness (QED) is 0.615. The molecule has 0 unspecified atom stereocenters. The number of halogens is 2. The summed E-state index contributed by atoms with van der Waals surface area (Å²) in [6.07, 6.45) is 2.58. The van der Waals surface area contributed by atoms with E-state index < -0.39 is 11.7 Å². The van der Waals surface area contributed by atoms with Gasteiger partial charge < -0.3 is 4.74 Å². The molecule has 0 bridgehead atoms. The molecule has 2 aliphatic heterocycles. The minimum atomic E-state index is -0.896. The molecule has 6 heteroatoms. The maximum atomic E-state index is 12.9. The standard InChI is InChI=1S/C21H17Cl2NO3/c1-21(2)17-16(23)10-9-14-15(19(25)24(18(14)17)20(26)27-21)8-4-6-12-5-3-7-13(22)11-12/h3,5,7-11H,4,6H2,1-2H3/b15-8+.